The zero-order valence-electron chi connectivity index (χ0n) is 6.16. The van der Waals surface area contributed by atoms with Crippen molar-refractivity contribution in [2.45, 2.75) is 19.4 Å². The first kappa shape index (κ1) is 8.28. The molecule has 0 N–H and O–H groups in total. The van der Waals surface area contributed by atoms with Crippen LogP contribution in [-0.2, 0) is 0 Å². The molecule has 4 heteroatoms. The molecule has 3 nitrogen and oxygen atoms in total. The molecule has 0 aliphatic rings. The zero-order chi connectivity index (χ0) is 8.27. The number of rotatable bonds is 2. The second-order valence-corrected chi connectivity index (χ2v) is 3.11. The normalized spacial score (nSPS) is 12.5. The van der Waals surface area contributed by atoms with Crippen molar-refractivity contribution >= 4 is 15.9 Å². The molecule has 1 aromatic heterocycles. The molecule has 1 aromatic rings. The Balaban J connectivity index is 2.84. The van der Waals surface area contributed by atoms with Crippen LogP contribution in [0.2, 0.25) is 0 Å². The SMILES string of the molecule is CCC(C#N)n1cc(Br)cn1. The third-order valence-corrected chi connectivity index (χ3v) is 1.83. The maximum absolute atomic E-state index is 8.66. The van der Waals surface area contributed by atoms with Gasteiger partial charge in [0.25, 0.3) is 0 Å². The topological polar surface area (TPSA) is 41.6 Å². The van der Waals surface area contributed by atoms with E-state index in [4.69, 9.17) is 5.26 Å². The lowest BCUT2D eigenvalue weighted by atomic mass is 10.3. The van der Waals surface area contributed by atoms with Crippen LogP contribution in [0.25, 0.3) is 0 Å². The molecular formula is C7H8BrN3. The molecule has 0 radical (unpaired) electrons. The quantitative estimate of drug-likeness (QED) is 0.756. The molecule has 0 aromatic carbocycles. The molecule has 1 atom stereocenters. The van der Waals surface area contributed by atoms with E-state index in [9.17, 15) is 0 Å². The van der Waals surface area contributed by atoms with Gasteiger partial charge in [0.2, 0.25) is 0 Å². The Bertz CT molecular complexity index is 273. The van der Waals surface area contributed by atoms with Crippen LogP contribution >= 0.6 is 15.9 Å². The van der Waals surface area contributed by atoms with Crippen molar-refractivity contribution in [1.29, 1.82) is 5.26 Å². The van der Waals surface area contributed by atoms with E-state index in [0.29, 0.717) is 0 Å². The lowest BCUT2D eigenvalue weighted by Crippen LogP contribution is -2.05. The lowest BCUT2D eigenvalue weighted by molar-refractivity contribution is 0.534. The predicted octanol–water partition coefficient (Wildman–Crippen LogP) is 2.12. The van der Waals surface area contributed by atoms with E-state index < -0.39 is 0 Å². The van der Waals surface area contributed by atoms with Gasteiger partial charge >= 0.3 is 0 Å². The number of nitriles is 1. The summed E-state index contributed by atoms with van der Waals surface area (Å²) in [6.45, 7) is 1.96. The molecule has 1 unspecified atom stereocenters. The molecule has 0 aliphatic heterocycles. The molecule has 0 fully saturated rings. The van der Waals surface area contributed by atoms with E-state index in [1.54, 1.807) is 17.1 Å². The summed E-state index contributed by atoms with van der Waals surface area (Å²) in [4.78, 5) is 0. The summed E-state index contributed by atoms with van der Waals surface area (Å²) in [5, 5.41) is 12.7. The standard InChI is InChI=1S/C7H8BrN3/c1-2-7(3-9)11-5-6(8)4-10-11/h4-5,7H,2H2,1H3. The monoisotopic (exact) mass is 213 g/mol. The highest BCUT2D eigenvalue weighted by molar-refractivity contribution is 9.10. The lowest BCUT2D eigenvalue weighted by Gasteiger charge is -2.04. The summed E-state index contributed by atoms with van der Waals surface area (Å²) in [7, 11) is 0. The van der Waals surface area contributed by atoms with E-state index in [1.807, 2.05) is 6.92 Å². The zero-order valence-corrected chi connectivity index (χ0v) is 7.74. The number of aromatic nitrogens is 2. The molecule has 0 amide bonds. The van der Waals surface area contributed by atoms with Crippen LogP contribution in [0.4, 0.5) is 0 Å². The van der Waals surface area contributed by atoms with Gasteiger partial charge in [-0.15, -0.1) is 0 Å². The molecular weight excluding hydrogens is 206 g/mol. The first-order valence-corrected chi connectivity index (χ1v) is 4.16. The summed E-state index contributed by atoms with van der Waals surface area (Å²) < 4.78 is 2.57. The van der Waals surface area contributed by atoms with Crippen molar-refractivity contribution < 1.29 is 0 Å². The van der Waals surface area contributed by atoms with Gasteiger partial charge in [0.15, 0.2) is 0 Å². The fourth-order valence-electron chi connectivity index (χ4n) is 0.823. The van der Waals surface area contributed by atoms with Crippen LogP contribution < -0.4 is 0 Å². The van der Waals surface area contributed by atoms with Gasteiger partial charge in [0, 0.05) is 6.20 Å². The van der Waals surface area contributed by atoms with Crippen LogP contribution in [0.15, 0.2) is 16.9 Å². The molecule has 0 saturated heterocycles. The van der Waals surface area contributed by atoms with Crippen molar-refractivity contribution in [1.82, 2.24) is 9.78 Å². The smallest absolute Gasteiger partial charge is 0.138 e. The van der Waals surface area contributed by atoms with E-state index in [1.165, 1.54) is 0 Å². The van der Waals surface area contributed by atoms with Gasteiger partial charge in [-0.05, 0) is 22.4 Å². The molecule has 11 heavy (non-hydrogen) atoms. The van der Waals surface area contributed by atoms with Gasteiger partial charge in [0.1, 0.15) is 6.04 Å². The van der Waals surface area contributed by atoms with Crippen LogP contribution in [-0.4, -0.2) is 9.78 Å². The van der Waals surface area contributed by atoms with Gasteiger partial charge in [0.05, 0.1) is 16.7 Å². The van der Waals surface area contributed by atoms with Gasteiger partial charge in [-0.1, -0.05) is 6.92 Å². The maximum Gasteiger partial charge on any atom is 0.138 e. The molecule has 0 aliphatic carbocycles. The summed E-state index contributed by atoms with van der Waals surface area (Å²) >= 11 is 3.27. The van der Waals surface area contributed by atoms with Crippen molar-refractivity contribution in [3.63, 3.8) is 0 Å². The van der Waals surface area contributed by atoms with E-state index >= 15 is 0 Å². The Morgan fingerprint density at radius 2 is 2.64 bits per heavy atom. The Kier molecular flexibility index (Phi) is 2.66. The second-order valence-electron chi connectivity index (χ2n) is 2.19. The number of nitrogens with zero attached hydrogens (tertiary/aromatic N) is 3. The van der Waals surface area contributed by atoms with Gasteiger partial charge in [-0.3, -0.25) is 4.68 Å². The van der Waals surface area contributed by atoms with Gasteiger partial charge in [-0.2, -0.15) is 10.4 Å². The average Bonchev–Trinajstić information content (AvgIpc) is 2.39. The van der Waals surface area contributed by atoms with Gasteiger partial charge < -0.3 is 0 Å². The molecule has 58 valence electrons. The summed E-state index contributed by atoms with van der Waals surface area (Å²) in [5.41, 5.74) is 0. The van der Waals surface area contributed by atoms with Crippen LogP contribution in [0.5, 0.6) is 0 Å². The Morgan fingerprint density at radius 1 is 1.91 bits per heavy atom. The third kappa shape index (κ3) is 1.81. The Morgan fingerprint density at radius 3 is 3.00 bits per heavy atom. The summed E-state index contributed by atoms with van der Waals surface area (Å²) in [6, 6.07) is 2.02. The first-order chi connectivity index (χ1) is 5.27. The highest BCUT2D eigenvalue weighted by Crippen LogP contribution is 2.13. The number of hydrogen-bond acceptors (Lipinski definition) is 2. The minimum atomic E-state index is -0.138. The number of hydrogen-bond donors (Lipinski definition) is 0. The van der Waals surface area contributed by atoms with Crippen molar-refractivity contribution in [3.05, 3.63) is 16.9 Å². The van der Waals surface area contributed by atoms with Crippen LogP contribution in [0, 0.1) is 11.3 Å². The molecule has 1 heterocycles. The molecule has 1 rings (SSSR count). The summed E-state index contributed by atoms with van der Waals surface area (Å²) in [6.07, 6.45) is 4.27. The predicted molar refractivity (Wildman–Crippen MR) is 44.9 cm³/mol. The maximum atomic E-state index is 8.66. The fourth-order valence-corrected chi connectivity index (χ4v) is 1.12. The fraction of sp³-hybridized carbons (Fsp3) is 0.429. The first-order valence-electron chi connectivity index (χ1n) is 3.37. The van der Waals surface area contributed by atoms with Crippen LogP contribution in [0.3, 0.4) is 0 Å². The molecule has 0 saturated carbocycles. The highest BCUT2D eigenvalue weighted by atomic mass is 79.9. The van der Waals surface area contributed by atoms with Gasteiger partial charge in [-0.25, -0.2) is 0 Å². The van der Waals surface area contributed by atoms with Crippen molar-refractivity contribution in [3.8, 4) is 6.07 Å². The number of halogens is 1. The largest absolute Gasteiger partial charge is 0.254 e. The molecule has 0 bridgehead atoms. The second kappa shape index (κ2) is 3.54. The molecule has 0 spiro atoms. The van der Waals surface area contributed by atoms with Crippen molar-refractivity contribution in [2.75, 3.05) is 0 Å². The minimum absolute atomic E-state index is 0.138. The van der Waals surface area contributed by atoms with E-state index in [0.717, 1.165) is 10.9 Å². The Labute approximate surface area is 73.8 Å². The third-order valence-electron chi connectivity index (χ3n) is 1.43. The van der Waals surface area contributed by atoms with E-state index in [-0.39, 0.29) is 6.04 Å². The average molecular weight is 214 g/mol. The van der Waals surface area contributed by atoms with Crippen molar-refractivity contribution in [2.24, 2.45) is 0 Å². The Hall–Kier alpha value is -0.820. The minimum Gasteiger partial charge on any atom is -0.254 e. The van der Waals surface area contributed by atoms with E-state index in [2.05, 4.69) is 27.1 Å². The van der Waals surface area contributed by atoms with Crippen LogP contribution in [0.1, 0.15) is 19.4 Å². The summed E-state index contributed by atoms with van der Waals surface area (Å²) in [5.74, 6) is 0. The highest BCUT2D eigenvalue weighted by Gasteiger charge is 2.06.